The van der Waals surface area contributed by atoms with Gasteiger partial charge in [-0.25, -0.2) is 4.98 Å². The Balaban J connectivity index is 2.30. The van der Waals surface area contributed by atoms with E-state index in [4.69, 9.17) is 5.11 Å². The molecular formula is C10H18N2OS. The van der Waals surface area contributed by atoms with Crippen LogP contribution in [0.4, 0.5) is 0 Å². The largest absolute Gasteiger partial charge is 0.396 e. The van der Waals surface area contributed by atoms with Crippen LogP contribution in [0.5, 0.6) is 0 Å². The second kappa shape index (κ2) is 6.11. The van der Waals surface area contributed by atoms with Gasteiger partial charge in [-0.1, -0.05) is 6.92 Å². The number of aliphatic hydroxyl groups excluding tert-OH is 1. The van der Waals surface area contributed by atoms with Gasteiger partial charge in [0.25, 0.3) is 0 Å². The Morgan fingerprint density at radius 3 is 3.00 bits per heavy atom. The van der Waals surface area contributed by atoms with Gasteiger partial charge in [0.1, 0.15) is 0 Å². The third kappa shape index (κ3) is 3.74. The molecule has 1 rings (SSSR count). The number of nitrogens with zero attached hydrogens (tertiary/aromatic N) is 1. The Kier molecular flexibility index (Phi) is 5.07. The lowest BCUT2D eigenvalue weighted by Gasteiger charge is -2.10. The average molecular weight is 214 g/mol. The predicted octanol–water partition coefficient (Wildman–Crippen LogP) is 1.57. The summed E-state index contributed by atoms with van der Waals surface area (Å²) in [5.74, 6) is 0. The van der Waals surface area contributed by atoms with E-state index in [0.717, 1.165) is 25.1 Å². The predicted molar refractivity (Wildman–Crippen MR) is 59.5 cm³/mol. The van der Waals surface area contributed by atoms with Gasteiger partial charge in [0.15, 0.2) is 0 Å². The van der Waals surface area contributed by atoms with Crippen LogP contribution in [0.1, 0.15) is 31.0 Å². The Hall–Kier alpha value is -0.450. The van der Waals surface area contributed by atoms with Gasteiger partial charge in [-0.3, -0.25) is 0 Å². The first kappa shape index (κ1) is 11.6. The maximum atomic E-state index is 8.72. The van der Waals surface area contributed by atoms with Gasteiger partial charge in [0.05, 0.1) is 10.7 Å². The van der Waals surface area contributed by atoms with Gasteiger partial charge >= 0.3 is 0 Å². The van der Waals surface area contributed by atoms with E-state index in [9.17, 15) is 0 Å². The molecule has 0 aliphatic carbocycles. The smallest absolute Gasteiger partial charge is 0.0926 e. The van der Waals surface area contributed by atoms with Crippen molar-refractivity contribution in [1.82, 2.24) is 10.3 Å². The summed E-state index contributed by atoms with van der Waals surface area (Å²) in [6.07, 6.45) is 1.81. The second-order valence-electron chi connectivity index (χ2n) is 3.38. The molecule has 1 heterocycles. The van der Waals surface area contributed by atoms with E-state index >= 15 is 0 Å². The van der Waals surface area contributed by atoms with Crippen molar-refractivity contribution in [3.63, 3.8) is 0 Å². The number of thiazole rings is 1. The summed E-state index contributed by atoms with van der Waals surface area (Å²) >= 11 is 1.71. The minimum atomic E-state index is 0.242. The first-order valence-electron chi connectivity index (χ1n) is 5.03. The molecule has 0 aromatic carbocycles. The number of rotatable bonds is 6. The molecule has 1 aromatic heterocycles. The molecule has 2 N–H and O–H groups in total. The van der Waals surface area contributed by atoms with Crippen molar-refractivity contribution in [3.05, 3.63) is 16.1 Å². The average Bonchev–Trinajstić information content (AvgIpc) is 2.63. The zero-order chi connectivity index (χ0) is 10.4. The molecule has 1 aromatic rings. The number of aryl methyl sites for hydroxylation is 1. The molecule has 0 saturated heterocycles. The zero-order valence-corrected chi connectivity index (χ0v) is 9.60. The Morgan fingerprint density at radius 1 is 1.64 bits per heavy atom. The molecule has 0 saturated carbocycles. The van der Waals surface area contributed by atoms with Crippen molar-refractivity contribution in [2.75, 3.05) is 6.61 Å². The van der Waals surface area contributed by atoms with E-state index in [1.165, 1.54) is 5.01 Å². The van der Waals surface area contributed by atoms with Crippen LogP contribution < -0.4 is 5.32 Å². The van der Waals surface area contributed by atoms with Crippen LogP contribution in [0, 0.1) is 0 Å². The van der Waals surface area contributed by atoms with Gasteiger partial charge < -0.3 is 10.4 Å². The summed E-state index contributed by atoms with van der Waals surface area (Å²) < 4.78 is 0. The Morgan fingerprint density at radius 2 is 2.43 bits per heavy atom. The van der Waals surface area contributed by atoms with E-state index in [1.807, 2.05) is 0 Å². The van der Waals surface area contributed by atoms with E-state index in [1.54, 1.807) is 11.3 Å². The molecule has 14 heavy (non-hydrogen) atoms. The fourth-order valence-electron chi connectivity index (χ4n) is 1.17. The Labute approximate surface area is 89.2 Å². The number of hydrogen-bond donors (Lipinski definition) is 2. The molecule has 80 valence electrons. The van der Waals surface area contributed by atoms with Gasteiger partial charge in [-0.05, 0) is 19.8 Å². The molecule has 0 bridgehead atoms. The van der Waals surface area contributed by atoms with Crippen molar-refractivity contribution in [2.24, 2.45) is 0 Å². The van der Waals surface area contributed by atoms with Crippen molar-refractivity contribution >= 4 is 11.3 Å². The van der Waals surface area contributed by atoms with E-state index in [2.05, 4.69) is 29.5 Å². The maximum absolute atomic E-state index is 8.72. The fourth-order valence-corrected chi connectivity index (χ4v) is 1.91. The quantitative estimate of drug-likeness (QED) is 0.755. The lowest BCUT2D eigenvalue weighted by Crippen LogP contribution is -2.26. The molecule has 1 atom stereocenters. The third-order valence-electron chi connectivity index (χ3n) is 2.10. The third-order valence-corrected chi connectivity index (χ3v) is 3.14. The topological polar surface area (TPSA) is 45.2 Å². The number of aliphatic hydroxyl groups is 1. The van der Waals surface area contributed by atoms with Gasteiger partial charge in [-0.2, -0.15) is 0 Å². The lowest BCUT2D eigenvalue weighted by atomic mass is 10.2. The standard InChI is InChI=1S/C10H18N2OS/c1-3-10-12-9(7-14-10)6-11-8(2)4-5-13/h7-8,11,13H,3-6H2,1-2H3. The van der Waals surface area contributed by atoms with Crippen LogP contribution in [0.2, 0.25) is 0 Å². The summed E-state index contributed by atoms with van der Waals surface area (Å²) in [6.45, 7) is 5.23. The van der Waals surface area contributed by atoms with Gasteiger partial charge in [0, 0.05) is 24.6 Å². The number of hydrogen-bond acceptors (Lipinski definition) is 4. The minimum Gasteiger partial charge on any atom is -0.396 e. The SMILES string of the molecule is CCc1nc(CNC(C)CCO)cs1. The maximum Gasteiger partial charge on any atom is 0.0926 e. The van der Waals surface area contributed by atoms with Crippen LogP contribution in [0.15, 0.2) is 5.38 Å². The molecule has 4 heteroatoms. The molecule has 0 fully saturated rings. The fraction of sp³-hybridized carbons (Fsp3) is 0.700. The lowest BCUT2D eigenvalue weighted by molar-refractivity contribution is 0.268. The van der Waals surface area contributed by atoms with Crippen LogP contribution in [-0.2, 0) is 13.0 Å². The summed E-state index contributed by atoms with van der Waals surface area (Å²) in [5.41, 5.74) is 1.11. The van der Waals surface area contributed by atoms with Crippen molar-refractivity contribution in [3.8, 4) is 0 Å². The monoisotopic (exact) mass is 214 g/mol. The Bertz CT molecular complexity index is 262. The van der Waals surface area contributed by atoms with Crippen LogP contribution in [0.3, 0.4) is 0 Å². The second-order valence-corrected chi connectivity index (χ2v) is 4.32. The number of aromatic nitrogens is 1. The highest BCUT2D eigenvalue weighted by Crippen LogP contribution is 2.09. The zero-order valence-electron chi connectivity index (χ0n) is 8.79. The number of nitrogens with one attached hydrogen (secondary N) is 1. The highest BCUT2D eigenvalue weighted by Gasteiger charge is 2.03. The normalized spacial score (nSPS) is 13.1. The summed E-state index contributed by atoms with van der Waals surface area (Å²) in [6, 6.07) is 0.353. The van der Waals surface area contributed by atoms with E-state index in [0.29, 0.717) is 6.04 Å². The molecule has 0 amide bonds. The van der Waals surface area contributed by atoms with Crippen LogP contribution in [-0.4, -0.2) is 22.7 Å². The van der Waals surface area contributed by atoms with Crippen molar-refractivity contribution in [2.45, 2.75) is 39.3 Å². The van der Waals surface area contributed by atoms with Gasteiger partial charge in [-0.15, -0.1) is 11.3 Å². The summed E-state index contributed by atoms with van der Waals surface area (Å²) in [5, 5.41) is 15.3. The molecule has 3 nitrogen and oxygen atoms in total. The minimum absolute atomic E-state index is 0.242. The summed E-state index contributed by atoms with van der Waals surface area (Å²) in [7, 11) is 0. The highest BCUT2D eigenvalue weighted by atomic mass is 32.1. The molecular weight excluding hydrogens is 196 g/mol. The van der Waals surface area contributed by atoms with E-state index in [-0.39, 0.29) is 6.61 Å². The van der Waals surface area contributed by atoms with E-state index < -0.39 is 0 Å². The highest BCUT2D eigenvalue weighted by molar-refractivity contribution is 7.09. The molecule has 1 unspecified atom stereocenters. The first-order valence-corrected chi connectivity index (χ1v) is 5.91. The molecule has 0 aliphatic heterocycles. The molecule has 0 radical (unpaired) electrons. The van der Waals surface area contributed by atoms with Crippen molar-refractivity contribution < 1.29 is 5.11 Å². The van der Waals surface area contributed by atoms with Crippen molar-refractivity contribution in [1.29, 1.82) is 0 Å². The van der Waals surface area contributed by atoms with Crippen LogP contribution in [0.25, 0.3) is 0 Å². The summed E-state index contributed by atoms with van der Waals surface area (Å²) in [4.78, 5) is 4.45. The molecule has 0 aliphatic rings. The molecule has 0 spiro atoms. The first-order chi connectivity index (χ1) is 6.76. The van der Waals surface area contributed by atoms with Crippen LogP contribution >= 0.6 is 11.3 Å². The van der Waals surface area contributed by atoms with Gasteiger partial charge in [0.2, 0.25) is 0 Å².